The summed E-state index contributed by atoms with van der Waals surface area (Å²) in [5.41, 5.74) is 0.00659. The van der Waals surface area contributed by atoms with E-state index in [0.29, 0.717) is 18.5 Å². The maximum atomic E-state index is 12.3. The number of rotatable bonds is 4. The maximum absolute atomic E-state index is 12.3. The number of H-pyrrole nitrogens is 1. The zero-order chi connectivity index (χ0) is 13.3. The van der Waals surface area contributed by atoms with Crippen LogP contribution in [0.5, 0.6) is 0 Å². The lowest BCUT2D eigenvalue weighted by molar-refractivity contribution is 0.128. The number of aromatic nitrogens is 2. The van der Waals surface area contributed by atoms with Crippen LogP contribution in [0.3, 0.4) is 0 Å². The Balaban J connectivity index is 2.43. The molecule has 4 nitrogen and oxygen atoms in total. The van der Waals surface area contributed by atoms with Crippen molar-refractivity contribution in [3.8, 4) is 0 Å². The normalized spacial score (nSPS) is 17.5. The van der Waals surface area contributed by atoms with Gasteiger partial charge in [0.2, 0.25) is 0 Å². The summed E-state index contributed by atoms with van der Waals surface area (Å²) in [5, 5.41) is 0.196. The molecule has 1 aromatic rings. The van der Waals surface area contributed by atoms with E-state index in [0.717, 1.165) is 19.3 Å². The smallest absolute Gasteiger partial charge is 0.297 e. The van der Waals surface area contributed by atoms with Crippen LogP contribution in [0.1, 0.15) is 45.1 Å². The predicted octanol–water partition coefficient (Wildman–Crippen LogP) is 2.33. The minimum atomic E-state index is -0.391. The summed E-state index contributed by atoms with van der Waals surface area (Å²) in [5.74, 6) is 0. The second kappa shape index (κ2) is 4.92. The molecule has 0 saturated heterocycles. The zero-order valence-corrected chi connectivity index (χ0v) is 11.6. The molecule has 0 aromatic carbocycles. The lowest BCUT2D eigenvalue weighted by Gasteiger charge is -2.38. The summed E-state index contributed by atoms with van der Waals surface area (Å²) in [6.07, 6.45) is 4.76. The number of nitrogens with zero attached hydrogens (tertiary/aromatic N) is 1. The van der Waals surface area contributed by atoms with Crippen molar-refractivity contribution in [3.63, 3.8) is 0 Å². The van der Waals surface area contributed by atoms with Crippen molar-refractivity contribution in [3.05, 3.63) is 31.6 Å². The molecule has 1 aromatic heterocycles. The Kier molecular flexibility index (Phi) is 3.66. The minimum Gasteiger partial charge on any atom is -0.297 e. The summed E-state index contributed by atoms with van der Waals surface area (Å²) in [4.78, 5) is 26.7. The van der Waals surface area contributed by atoms with Crippen molar-refractivity contribution in [2.75, 3.05) is 0 Å². The highest BCUT2D eigenvalue weighted by Gasteiger charge is 2.33. The van der Waals surface area contributed by atoms with Crippen LogP contribution in [0.25, 0.3) is 0 Å². The van der Waals surface area contributed by atoms with Crippen LogP contribution in [-0.2, 0) is 13.0 Å². The van der Waals surface area contributed by atoms with Gasteiger partial charge in [0.15, 0.2) is 0 Å². The third-order valence-electron chi connectivity index (χ3n) is 3.83. The van der Waals surface area contributed by atoms with Gasteiger partial charge in [0.1, 0.15) is 5.15 Å². The highest BCUT2D eigenvalue weighted by atomic mass is 35.5. The third-order valence-corrected chi connectivity index (χ3v) is 4.15. The Morgan fingerprint density at radius 2 is 2.06 bits per heavy atom. The Morgan fingerprint density at radius 3 is 2.56 bits per heavy atom. The number of halogens is 1. The van der Waals surface area contributed by atoms with Crippen LogP contribution >= 0.6 is 11.6 Å². The van der Waals surface area contributed by atoms with E-state index in [1.165, 1.54) is 11.0 Å². The number of hydrogen-bond donors (Lipinski definition) is 1. The molecular formula is C13H19ClN2O2. The first-order valence-electron chi connectivity index (χ1n) is 6.48. The molecule has 1 aliphatic rings. The van der Waals surface area contributed by atoms with E-state index in [4.69, 9.17) is 11.6 Å². The standard InChI is InChI=1S/C13H19ClN2O2/c1-3-5-9-10(14)15-12(18)16(11(9)17)8-13(2)6-4-7-13/h3-8H2,1-2H3,(H,15,18). The fourth-order valence-electron chi connectivity index (χ4n) is 2.52. The molecule has 1 heterocycles. The van der Waals surface area contributed by atoms with Crippen molar-refractivity contribution in [1.82, 2.24) is 9.55 Å². The molecule has 1 N–H and O–H groups in total. The van der Waals surface area contributed by atoms with Gasteiger partial charge in [0.05, 0.1) is 5.56 Å². The van der Waals surface area contributed by atoms with E-state index in [2.05, 4.69) is 11.9 Å². The molecule has 18 heavy (non-hydrogen) atoms. The first-order valence-corrected chi connectivity index (χ1v) is 6.86. The highest BCUT2D eigenvalue weighted by Crippen LogP contribution is 2.41. The average molecular weight is 271 g/mol. The van der Waals surface area contributed by atoms with Gasteiger partial charge in [0.25, 0.3) is 5.56 Å². The fraction of sp³-hybridized carbons (Fsp3) is 0.692. The molecule has 0 aliphatic heterocycles. The monoisotopic (exact) mass is 270 g/mol. The van der Waals surface area contributed by atoms with Crippen molar-refractivity contribution in [2.24, 2.45) is 5.41 Å². The van der Waals surface area contributed by atoms with E-state index in [1.54, 1.807) is 0 Å². The predicted molar refractivity (Wildman–Crippen MR) is 72.3 cm³/mol. The molecule has 0 radical (unpaired) electrons. The van der Waals surface area contributed by atoms with Crippen molar-refractivity contribution in [2.45, 2.75) is 52.5 Å². The van der Waals surface area contributed by atoms with Gasteiger partial charge in [-0.3, -0.25) is 14.3 Å². The molecular weight excluding hydrogens is 252 g/mol. The molecule has 0 bridgehead atoms. The van der Waals surface area contributed by atoms with Gasteiger partial charge >= 0.3 is 5.69 Å². The van der Waals surface area contributed by atoms with Crippen molar-refractivity contribution < 1.29 is 0 Å². The molecule has 0 spiro atoms. The first-order chi connectivity index (χ1) is 8.47. The summed E-state index contributed by atoms with van der Waals surface area (Å²) in [6, 6.07) is 0. The SMILES string of the molecule is CCCc1c(Cl)[nH]c(=O)n(CC2(C)CCC2)c1=O. The molecule has 0 amide bonds. The van der Waals surface area contributed by atoms with Crippen molar-refractivity contribution >= 4 is 11.6 Å². The molecule has 1 fully saturated rings. The van der Waals surface area contributed by atoms with Gasteiger partial charge in [-0.25, -0.2) is 4.79 Å². The number of nitrogens with one attached hydrogen (secondary N) is 1. The van der Waals surface area contributed by atoms with Gasteiger partial charge < -0.3 is 0 Å². The molecule has 100 valence electrons. The van der Waals surface area contributed by atoms with Crippen LogP contribution in [0.15, 0.2) is 9.59 Å². The Bertz CT molecular complexity index is 555. The molecule has 0 unspecified atom stereocenters. The largest absolute Gasteiger partial charge is 0.329 e. The summed E-state index contributed by atoms with van der Waals surface area (Å²) in [7, 11) is 0. The molecule has 0 atom stereocenters. The quantitative estimate of drug-likeness (QED) is 0.854. The lowest BCUT2D eigenvalue weighted by Crippen LogP contribution is -2.43. The van der Waals surface area contributed by atoms with Gasteiger partial charge in [0, 0.05) is 6.54 Å². The second-order valence-electron chi connectivity index (χ2n) is 5.53. The summed E-state index contributed by atoms with van der Waals surface area (Å²) in [6.45, 7) is 4.60. The zero-order valence-electron chi connectivity index (χ0n) is 10.9. The first kappa shape index (κ1) is 13.4. The van der Waals surface area contributed by atoms with Crippen LogP contribution in [-0.4, -0.2) is 9.55 Å². The van der Waals surface area contributed by atoms with E-state index < -0.39 is 5.69 Å². The van der Waals surface area contributed by atoms with Gasteiger partial charge in [-0.05, 0) is 24.7 Å². The molecule has 2 rings (SSSR count). The lowest BCUT2D eigenvalue weighted by atomic mass is 9.70. The van der Waals surface area contributed by atoms with Gasteiger partial charge in [-0.1, -0.05) is 38.3 Å². The average Bonchev–Trinajstić information content (AvgIpc) is 2.27. The molecule has 1 aliphatic carbocycles. The van der Waals surface area contributed by atoms with Gasteiger partial charge in [-0.2, -0.15) is 0 Å². The minimum absolute atomic E-state index is 0.0914. The Morgan fingerprint density at radius 1 is 1.39 bits per heavy atom. The van der Waals surface area contributed by atoms with E-state index >= 15 is 0 Å². The van der Waals surface area contributed by atoms with Gasteiger partial charge in [-0.15, -0.1) is 0 Å². The van der Waals surface area contributed by atoms with E-state index in [-0.39, 0.29) is 16.1 Å². The third kappa shape index (κ3) is 2.39. The Hall–Kier alpha value is -1.03. The molecule has 5 heteroatoms. The van der Waals surface area contributed by atoms with Crippen LogP contribution in [0, 0.1) is 5.41 Å². The topological polar surface area (TPSA) is 54.9 Å². The van der Waals surface area contributed by atoms with E-state index in [1.807, 2.05) is 6.92 Å². The highest BCUT2D eigenvalue weighted by molar-refractivity contribution is 6.30. The summed E-state index contributed by atoms with van der Waals surface area (Å²) < 4.78 is 1.32. The van der Waals surface area contributed by atoms with Crippen molar-refractivity contribution in [1.29, 1.82) is 0 Å². The Labute approximate surface area is 111 Å². The van der Waals surface area contributed by atoms with Crippen LogP contribution in [0.2, 0.25) is 5.15 Å². The number of aromatic amines is 1. The van der Waals surface area contributed by atoms with Crippen LogP contribution < -0.4 is 11.2 Å². The summed E-state index contributed by atoms with van der Waals surface area (Å²) >= 11 is 5.94. The van der Waals surface area contributed by atoms with E-state index in [9.17, 15) is 9.59 Å². The fourth-order valence-corrected chi connectivity index (χ4v) is 2.77. The molecule has 1 saturated carbocycles. The van der Waals surface area contributed by atoms with Crippen LogP contribution in [0.4, 0.5) is 0 Å². The number of hydrogen-bond acceptors (Lipinski definition) is 2. The maximum Gasteiger partial charge on any atom is 0.329 e. The second-order valence-corrected chi connectivity index (χ2v) is 5.91.